The van der Waals surface area contributed by atoms with Gasteiger partial charge in [-0.2, -0.15) is 13.2 Å². The Morgan fingerprint density at radius 1 is 1.19 bits per heavy atom. The predicted molar refractivity (Wildman–Crippen MR) is 102 cm³/mol. The van der Waals surface area contributed by atoms with Crippen LogP contribution in [0.3, 0.4) is 0 Å². The first-order valence-corrected chi connectivity index (χ1v) is 8.63. The minimum atomic E-state index is -4.48. The average molecular weight is 437 g/mol. The number of carbonyl (C=O) groups is 1. The largest absolute Gasteiger partial charge is 0.479 e. The highest BCUT2D eigenvalue weighted by molar-refractivity contribution is 7.80. The molecule has 10 heteroatoms. The van der Waals surface area contributed by atoms with E-state index in [4.69, 9.17) is 40.2 Å². The summed E-state index contributed by atoms with van der Waals surface area (Å²) in [4.78, 5) is 12.1. The number of carbonyl (C=O) groups excluding carboxylic acids is 1. The number of halogens is 5. The fourth-order valence-corrected chi connectivity index (χ4v) is 2.64. The van der Waals surface area contributed by atoms with Crippen LogP contribution in [-0.2, 0) is 11.0 Å². The molecule has 1 unspecified atom stereocenters. The Kier molecular flexibility index (Phi) is 6.91. The van der Waals surface area contributed by atoms with Gasteiger partial charge in [0.2, 0.25) is 0 Å². The van der Waals surface area contributed by atoms with E-state index in [9.17, 15) is 18.0 Å². The first-order valence-electron chi connectivity index (χ1n) is 7.47. The van der Waals surface area contributed by atoms with E-state index >= 15 is 0 Å². The Bertz CT molecular complexity index is 862. The minimum absolute atomic E-state index is 0.0874. The summed E-state index contributed by atoms with van der Waals surface area (Å²) in [5.41, 5.74) is -0.750. The molecule has 2 N–H and O–H groups in total. The first-order chi connectivity index (χ1) is 12.6. The highest BCUT2D eigenvalue weighted by Crippen LogP contribution is 2.31. The quantitative estimate of drug-likeness (QED) is 0.639. The highest BCUT2D eigenvalue weighted by Gasteiger charge is 2.30. The summed E-state index contributed by atoms with van der Waals surface area (Å²) in [5, 5.41) is 5.34. The lowest BCUT2D eigenvalue weighted by atomic mass is 10.2. The van der Waals surface area contributed by atoms with Crippen molar-refractivity contribution in [1.82, 2.24) is 5.32 Å². The first kappa shape index (κ1) is 21.3. The van der Waals surface area contributed by atoms with Gasteiger partial charge >= 0.3 is 6.18 Å². The van der Waals surface area contributed by atoms with Crippen LogP contribution < -0.4 is 15.4 Å². The molecule has 2 aromatic carbocycles. The van der Waals surface area contributed by atoms with Crippen molar-refractivity contribution in [1.29, 1.82) is 0 Å². The summed E-state index contributed by atoms with van der Waals surface area (Å²) >= 11 is 16.7. The molecule has 0 aliphatic rings. The van der Waals surface area contributed by atoms with Gasteiger partial charge in [-0.1, -0.05) is 29.3 Å². The van der Waals surface area contributed by atoms with Gasteiger partial charge in [-0.15, -0.1) is 0 Å². The standard InChI is InChI=1S/C17H13Cl2F3N2O2S/c1-9(26-14-6-5-11(18)8-13(14)19)15(25)24-16(27)23-12-4-2-3-10(7-12)17(20,21)22/h2-9H,1H3,(H2,23,24,25,27). The van der Waals surface area contributed by atoms with Crippen LogP contribution >= 0.6 is 35.4 Å². The molecule has 144 valence electrons. The van der Waals surface area contributed by atoms with Gasteiger partial charge in [-0.3, -0.25) is 10.1 Å². The summed E-state index contributed by atoms with van der Waals surface area (Å²) in [7, 11) is 0. The van der Waals surface area contributed by atoms with Gasteiger partial charge in [0, 0.05) is 10.7 Å². The van der Waals surface area contributed by atoms with Crippen molar-refractivity contribution in [2.45, 2.75) is 19.2 Å². The number of hydrogen-bond acceptors (Lipinski definition) is 3. The second kappa shape index (κ2) is 8.77. The van der Waals surface area contributed by atoms with Gasteiger partial charge < -0.3 is 10.1 Å². The third kappa shape index (κ3) is 6.27. The summed E-state index contributed by atoms with van der Waals surface area (Å²) in [6.45, 7) is 1.47. The molecule has 0 aliphatic carbocycles. The van der Waals surface area contributed by atoms with E-state index in [0.29, 0.717) is 5.02 Å². The molecular weight excluding hydrogens is 424 g/mol. The number of alkyl halides is 3. The number of rotatable bonds is 4. The molecule has 1 atom stereocenters. The molecule has 2 rings (SSSR count). The van der Waals surface area contributed by atoms with Crippen LogP contribution in [0.2, 0.25) is 10.0 Å². The lowest BCUT2D eigenvalue weighted by Gasteiger charge is -2.17. The molecule has 4 nitrogen and oxygen atoms in total. The molecule has 0 spiro atoms. The molecule has 0 aliphatic heterocycles. The van der Waals surface area contributed by atoms with Crippen LogP contribution in [0.15, 0.2) is 42.5 Å². The maximum absolute atomic E-state index is 12.7. The van der Waals surface area contributed by atoms with Gasteiger partial charge in [0.25, 0.3) is 5.91 Å². The molecule has 0 saturated heterocycles. The summed E-state index contributed by atoms with van der Waals surface area (Å²) in [5.74, 6) is -0.356. The Hall–Kier alpha value is -2.03. The Balaban J connectivity index is 1.96. The number of thiocarbonyl (C=S) groups is 1. The van der Waals surface area contributed by atoms with E-state index in [1.807, 2.05) is 0 Å². The van der Waals surface area contributed by atoms with Gasteiger partial charge in [0.15, 0.2) is 11.2 Å². The van der Waals surface area contributed by atoms with E-state index in [1.54, 1.807) is 6.07 Å². The maximum Gasteiger partial charge on any atom is 0.416 e. The Labute approximate surface area is 168 Å². The van der Waals surface area contributed by atoms with Crippen LogP contribution in [0.1, 0.15) is 12.5 Å². The number of hydrogen-bond donors (Lipinski definition) is 2. The molecule has 0 fully saturated rings. The van der Waals surface area contributed by atoms with Crippen molar-refractivity contribution in [2.24, 2.45) is 0 Å². The zero-order valence-corrected chi connectivity index (χ0v) is 16.1. The molecule has 27 heavy (non-hydrogen) atoms. The molecule has 1 amide bonds. The highest BCUT2D eigenvalue weighted by atomic mass is 35.5. The monoisotopic (exact) mass is 436 g/mol. The maximum atomic E-state index is 12.7. The van der Waals surface area contributed by atoms with E-state index in [0.717, 1.165) is 12.1 Å². The van der Waals surface area contributed by atoms with Crippen molar-refractivity contribution < 1.29 is 22.7 Å². The Morgan fingerprint density at radius 2 is 1.89 bits per heavy atom. The normalized spacial score (nSPS) is 12.2. The number of ether oxygens (including phenoxy) is 1. The fraction of sp³-hybridized carbons (Fsp3) is 0.176. The van der Waals surface area contributed by atoms with Crippen molar-refractivity contribution >= 4 is 52.1 Å². The predicted octanol–water partition coefficient (Wildman–Crippen LogP) is 5.29. The van der Waals surface area contributed by atoms with Crippen LogP contribution in [0, 0.1) is 0 Å². The molecule has 2 aromatic rings. The smallest absolute Gasteiger partial charge is 0.416 e. The second-order valence-electron chi connectivity index (χ2n) is 5.36. The van der Waals surface area contributed by atoms with Crippen LogP contribution in [0.5, 0.6) is 5.75 Å². The van der Waals surface area contributed by atoms with Gasteiger partial charge in [0.1, 0.15) is 5.75 Å². The van der Waals surface area contributed by atoms with E-state index in [2.05, 4.69) is 10.6 Å². The minimum Gasteiger partial charge on any atom is -0.479 e. The second-order valence-corrected chi connectivity index (χ2v) is 6.61. The molecular formula is C17H13Cl2F3N2O2S. The number of nitrogens with one attached hydrogen (secondary N) is 2. The number of benzene rings is 2. The van der Waals surface area contributed by atoms with Crippen molar-refractivity contribution in [3.63, 3.8) is 0 Å². The summed E-state index contributed by atoms with van der Waals surface area (Å²) in [6.07, 6.45) is -5.45. The molecule has 0 saturated carbocycles. The van der Waals surface area contributed by atoms with Crippen molar-refractivity contribution in [2.75, 3.05) is 5.32 Å². The zero-order valence-electron chi connectivity index (χ0n) is 13.7. The van der Waals surface area contributed by atoms with E-state index in [1.165, 1.54) is 31.2 Å². The lowest BCUT2D eigenvalue weighted by Crippen LogP contribution is -2.42. The van der Waals surface area contributed by atoms with Crippen LogP contribution in [0.25, 0.3) is 0 Å². The van der Waals surface area contributed by atoms with Gasteiger partial charge in [-0.25, -0.2) is 0 Å². The van der Waals surface area contributed by atoms with Crippen molar-refractivity contribution in [3.05, 3.63) is 58.1 Å². The Morgan fingerprint density at radius 3 is 2.52 bits per heavy atom. The number of anilines is 1. The molecule has 0 aromatic heterocycles. The SMILES string of the molecule is CC(Oc1ccc(Cl)cc1Cl)C(=O)NC(=S)Nc1cccc(C(F)(F)F)c1. The summed E-state index contributed by atoms with van der Waals surface area (Å²) < 4.78 is 43.6. The average Bonchev–Trinajstić information content (AvgIpc) is 2.56. The van der Waals surface area contributed by atoms with E-state index in [-0.39, 0.29) is 21.6 Å². The third-order valence-corrected chi connectivity index (χ3v) is 3.99. The lowest BCUT2D eigenvalue weighted by molar-refractivity contribution is -0.137. The molecule has 0 heterocycles. The molecule has 0 bridgehead atoms. The topological polar surface area (TPSA) is 50.4 Å². The molecule has 0 radical (unpaired) electrons. The van der Waals surface area contributed by atoms with E-state index < -0.39 is 23.8 Å². The van der Waals surface area contributed by atoms with Crippen LogP contribution in [-0.4, -0.2) is 17.1 Å². The number of amides is 1. The summed E-state index contributed by atoms with van der Waals surface area (Å²) in [6, 6.07) is 8.94. The van der Waals surface area contributed by atoms with Crippen molar-refractivity contribution in [3.8, 4) is 5.75 Å². The van der Waals surface area contributed by atoms with Gasteiger partial charge in [-0.05, 0) is 55.5 Å². The van der Waals surface area contributed by atoms with Crippen LogP contribution in [0.4, 0.5) is 18.9 Å². The third-order valence-electron chi connectivity index (χ3n) is 3.25. The fourth-order valence-electron chi connectivity index (χ4n) is 1.96. The van der Waals surface area contributed by atoms with Gasteiger partial charge in [0.05, 0.1) is 10.6 Å². The zero-order chi connectivity index (χ0) is 20.2.